The molecule has 3 aliphatic rings. The largest absolute Gasteiger partial charge is 0.497 e. The first kappa shape index (κ1) is 10.6. The van der Waals surface area contributed by atoms with Crippen molar-refractivity contribution in [3.63, 3.8) is 0 Å². The Bertz CT molecular complexity index is 447. The molecule has 4 rings (SSSR count). The Morgan fingerprint density at radius 1 is 0.941 bits per heavy atom. The van der Waals surface area contributed by atoms with E-state index in [0.29, 0.717) is 0 Å². The molecule has 1 aliphatic carbocycles. The van der Waals surface area contributed by atoms with Gasteiger partial charge in [0.25, 0.3) is 0 Å². The van der Waals surface area contributed by atoms with Gasteiger partial charge >= 0.3 is 0 Å². The molecule has 88 valence electrons. The maximum absolute atomic E-state index is 5.34. The highest BCUT2D eigenvalue weighted by molar-refractivity contribution is 5.35. The van der Waals surface area contributed by atoms with Gasteiger partial charge in [0, 0.05) is 5.92 Å². The van der Waals surface area contributed by atoms with Crippen molar-refractivity contribution in [2.24, 2.45) is 0 Å². The van der Waals surface area contributed by atoms with E-state index in [4.69, 9.17) is 14.5 Å². The lowest BCUT2D eigenvalue weighted by molar-refractivity contribution is -0.329. The summed E-state index contributed by atoms with van der Waals surface area (Å²) in [4.78, 5) is 10.5. The average Bonchev–Trinajstić information content (AvgIpc) is 2.72. The Kier molecular flexibility index (Phi) is 2.71. The zero-order valence-electron chi connectivity index (χ0n) is 9.58. The summed E-state index contributed by atoms with van der Waals surface area (Å²) in [6, 6.07) is 8.05. The number of rotatable bonds is 2. The number of methoxy groups -OCH3 is 1. The molecule has 0 aromatic heterocycles. The predicted molar refractivity (Wildman–Crippen MR) is 63.8 cm³/mol. The number of hydrogen-bond donors (Lipinski definition) is 0. The van der Waals surface area contributed by atoms with E-state index in [1.165, 1.54) is 5.56 Å². The van der Waals surface area contributed by atoms with Crippen LogP contribution in [0.5, 0.6) is 5.75 Å². The highest BCUT2D eigenvalue weighted by Gasteiger charge is 2.28. The minimum absolute atomic E-state index is 0.0432. The molecule has 2 bridgehead atoms. The molecule has 0 amide bonds. The molecule has 1 unspecified atom stereocenters. The minimum atomic E-state index is -0.0468. The van der Waals surface area contributed by atoms with Crippen LogP contribution in [0, 0.1) is 0 Å². The van der Waals surface area contributed by atoms with Crippen LogP contribution >= 0.6 is 0 Å². The molecule has 17 heavy (non-hydrogen) atoms. The van der Waals surface area contributed by atoms with E-state index >= 15 is 0 Å². The number of fused-ring (bicyclic) bond motifs is 2. The van der Waals surface area contributed by atoms with Crippen LogP contribution in [0.2, 0.25) is 0 Å². The fourth-order valence-corrected chi connectivity index (χ4v) is 2.15. The van der Waals surface area contributed by atoms with Gasteiger partial charge in [-0.1, -0.05) is 36.4 Å². The Morgan fingerprint density at radius 3 is 2.35 bits per heavy atom. The summed E-state index contributed by atoms with van der Waals surface area (Å²) >= 11 is 0. The normalized spacial score (nSPS) is 30.3. The second kappa shape index (κ2) is 4.35. The molecule has 1 aromatic rings. The molecule has 0 saturated carbocycles. The number of benzene rings is 1. The van der Waals surface area contributed by atoms with E-state index in [0.717, 1.165) is 5.75 Å². The summed E-state index contributed by atoms with van der Waals surface area (Å²) in [5.41, 5.74) is 1.20. The van der Waals surface area contributed by atoms with Crippen molar-refractivity contribution in [3.05, 3.63) is 54.1 Å². The van der Waals surface area contributed by atoms with Crippen LogP contribution in [0.4, 0.5) is 0 Å². The standard InChI is InChI=1S/C14H14O3/c1-15-11-4-2-10(3-5-11)13-8-6-12-7-9-14(13)17-16-12/h2-9,12-14H,1H3/t12-,13?,14-/m1/s1. The minimum Gasteiger partial charge on any atom is -0.497 e. The molecule has 3 atom stereocenters. The van der Waals surface area contributed by atoms with Crippen molar-refractivity contribution < 1.29 is 14.5 Å². The predicted octanol–water partition coefficient (Wildman–Crippen LogP) is 2.60. The Balaban J connectivity index is 1.90. The van der Waals surface area contributed by atoms with Crippen LogP contribution < -0.4 is 4.74 Å². The molecule has 2 heterocycles. The van der Waals surface area contributed by atoms with Crippen LogP contribution in [-0.2, 0) is 9.78 Å². The van der Waals surface area contributed by atoms with Gasteiger partial charge in [0.15, 0.2) is 0 Å². The second-order valence-corrected chi connectivity index (χ2v) is 4.19. The van der Waals surface area contributed by atoms with Gasteiger partial charge in [0.05, 0.1) is 7.11 Å². The molecule has 2 aliphatic heterocycles. The monoisotopic (exact) mass is 230 g/mol. The first-order valence-corrected chi connectivity index (χ1v) is 5.69. The Labute approximate surface area is 100 Å². The van der Waals surface area contributed by atoms with E-state index in [-0.39, 0.29) is 18.1 Å². The lowest BCUT2D eigenvalue weighted by atomic mass is 9.93. The summed E-state index contributed by atoms with van der Waals surface area (Å²) in [7, 11) is 1.67. The average molecular weight is 230 g/mol. The lowest BCUT2D eigenvalue weighted by Gasteiger charge is -2.22. The topological polar surface area (TPSA) is 27.7 Å². The molecule has 0 saturated heterocycles. The maximum atomic E-state index is 5.34. The third-order valence-corrected chi connectivity index (χ3v) is 3.13. The second-order valence-electron chi connectivity index (χ2n) is 4.19. The van der Waals surface area contributed by atoms with E-state index in [2.05, 4.69) is 24.3 Å². The molecule has 0 N–H and O–H groups in total. The van der Waals surface area contributed by atoms with E-state index in [9.17, 15) is 0 Å². The molecule has 1 aromatic carbocycles. The summed E-state index contributed by atoms with van der Waals surface area (Å²) in [6.07, 6.45) is 8.16. The van der Waals surface area contributed by atoms with Crippen molar-refractivity contribution in [2.45, 2.75) is 18.1 Å². The maximum Gasteiger partial charge on any atom is 0.129 e. The van der Waals surface area contributed by atoms with Gasteiger partial charge in [-0.2, -0.15) is 0 Å². The third kappa shape index (κ3) is 1.99. The summed E-state index contributed by atoms with van der Waals surface area (Å²) in [5.74, 6) is 1.06. The molecule has 0 fully saturated rings. The zero-order valence-corrected chi connectivity index (χ0v) is 9.58. The van der Waals surface area contributed by atoms with Gasteiger partial charge in [-0.3, -0.25) is 0 Å². The van der Waals surface area contributed by atoms with Crippen molar-refractivity contribution in [1.82, 2.24) is 0 Å². The van der Waals surface area contributed by atoms with Crippen molar-refractivity contribution in [3.8, 4) is 5.75 Å². The van der Waals surface area contributed by atoms with Crippen LogP contribution in [0.1, 0.15) is 11.5 Å². The van der Waals surface area contributed by atoms with E-state index in [1.54, 1.807) is 7.11 Å². The first-order chi connectivity index (χ1) is 8.36. The molecule has 3 nitrogen and oxygen atoms in total. The van der Waals surface area contributed by atoms with Crippen LogP contribution in [0.15, 0.2) is 48.6 Å². The van der Waals surface area contributed by atoms with Gasteiger partial charge in [0.2, 0.25) is 0 Å². The lowest BCUT2D eigenvalue weighted by Crippen LogP contribution is -2.22. The summed E-state index contributed by atoms with van der Waals surface area (Å²) < 4.78 is 5.15. The molecule has 0 radical (unpaired) electrons. The van der Waals surface area contributed by atoms with Crippen molar-refractivity contribution in [1.29, 1.82) is 0 Å². The summed E-state index contributed by atoms with van der Waals surface area (Å²) in [5, 5.41) is 0. The highest BCUT2D eigenvalue weighted by Crippen LogP contribution is 2.31. The number of hydrogen-bond acceptors (Lipinski definition) is 3. The van der Waals surface area contributed by atoms with Gasteiger partial charge in [-0.15, -0.1) is 0 Å². The summed E-state index contributed by atoms with van der Waals surface area (Å²) in [6.45, 7) is 0. The van der Waals surface area contributed by atoms with Gasteiger partial charge in [0.1, 0.15) is 18.0 Å². The SMILES string of the molecule is COc1ccc(C2C=C[C@@H]3C=C[C@H]2OO3)cc1. The number of ether oxygens (including phenoxy) is 1. The Hall–Kier alpha value is -1.58. The third-order valence-electron chi connectivity index (χ3n) is 3.13. The van der Waals surface area contributed by atoms with E-state index in [1.807, 2.05) is 24.3 Å². The quantitative estimate of drug-likeness (QED) is 0.577. The van der Waals surface area contributed by atoms with Gasteiger partial charge < -0.3 is 4.74 Å². The van der Waals surface area contributed by atoms with Crippen molar-refractivity contribution >= 4 is 0 Å². The highest BCUT2D eigenvalue weighted by atomic mass is 17.2. The van der Waals surface area contributed by atoms with Gasteiger partial charge in [-0.05, 0) is 17.7 Å². The fourth-order valence-electron chi connectivity index (χ4n) is 2.15. The fraction of sp³-hybridized carbons (Fsp3) is 0.286. The zero-order chi connectivity index (χ0) is 11.7. The van der Waals surface area contributed by atoms with Crippen LogP contribution in [-0.4, -0.2) is 19.3 Å². The first-order valence-electron chi connectivity index (χ1n) is 5.69. The Morgan fingerprint density at radius 2 is 1.71 bits per heavy atom. The molecule has 0 spiro atoms. The molecular formula is C14H14O3. The molecule has 3 heteroatoms. The van der Waals surface area contributed by atoms with Gasteiger partial charge in [-0.25, -0.2) is 9.78 Å². The van der Waals surface area contributed by atoms with E-state index < -0.39 is 0 Å². The smallest absolute Gasteiger partial charge is 0.129 e. The van der Waals surface area contributed by atoms with Crippen LogP contribution in [0.3, 0.4) is 0 Å². The van der Waals surface area contributed by atoms with Crippen LogP contribution in [0.25, 0.3) is 0 Å². The molecular weight excluding hydrogens is 216 g/mol. The van der Waals surface area contributed by atoms with Crippen molar-refractivity contribution in [2.75, 3.05) is 7.11 Å².